The molecule has 57 heavy (non-hydrogen) atoms. The van der Waals surface area contributed by atoms with E-state index in [-0.39, 0.29) is 41.8 Å². The van der Waals surface area contributed by atoms with E-state index in [0.717, 1.165) is 19.3 Å². The van der Waals surface area contributed by atoms with Gasteiger partial charge in [0.1, 0.15) is 40.4 Å². The molecular formula is C41H58ClN5O9S. The lowest BCUT2D eigenvalue weighted by Crippen LogP contribution is -2.56. The van der Waals surface area contributed by atoms with Crippen LogP contribution in [0.4, 0.5) is 4.79 Å². The van der Waals surface area contributed by atoms with Crippen molar-refractivity contribution in [1.82, 2.24) is 19.9 Å². The summed E-state index contributed by atoms with van der Waals surface area (Å²) in [6.07, 6.45) is 9.79. The van der Waals surface area contributed by atoms with E-state index in [0.29, 0.717) is 54.4 Å². The van der Waals surface area contributed by atoms with Crippen molar-refractivity contribution in [1.29, 1.82) is 0 Å². The molecule has 4 amide bonds. The Morgan fingerprint density at radius 3 is 2.51 bits per heavy atom. The van der Waals surface area contributed by atoms with E-state index in [4.69, 9.17) is 31.5 Å². The number of amides is 4. The fourth-order valence-electron chi connectivity index (χ4n) is 7.88. The summed E-state index contributed by atoms with van der Waals surface area (Å²) in [6, 6.07) is 3.29. The molecule has 1 saturated heterocycles. The van der Waals surface area contributed by atoms with Gasteiger partial charge in [-0.25, -0.2) is 18.2 Å². The van der Waals surface area contributed by atoms with Crippen molar-refractivity contribution in [3.8, 4) is 11.5 Å². The highest BCUT2D eigenvalue weighted by Crippen LogP contribution is 2.43. The highest BCUT2D eigenvalue weighted by atomic mass is 35.5. The summed E-state index contributed by atoms with van der Waals surface area (Å²) in [7, 11) is -2.14. The number of halogens is 1. The van der Waals surface area contributed by atoms with Gasteiger partial charge in [-0.3, -0.25) is 19.1 Å². The summed E-state index contributed by atoms with van der Waals surface area (Å²) in [6.45, 7) is 10.8. The first-order valence-corrected chi connectivity index (χ1v) is 21.7. The Morgan fingerprint density at radius 2 is 1.86 bits per heavy atom. The van der Waals surface area contributed by atoms with Crippen LogP contribution in [0.5, 0.6) is 11.5 Å². The number of aromatic nitrogens is 1. The standard InChI is InChI=1S/C41H58ClN5O9S/c1-24(11-8-9-12-26-13-10-14-29(26)37(49)46-57(52,53)41(6)17-18-41)19-25(2)34(45-39(51)56-40(3,4)5)38(50)47-23-28(21-32(47)36(43)48)55-33-22-44-35(42)30-16-15-27(54-7)20-31(30)33/h9,12,15-16,20,22,24-26,28-29,32,34H,8,10-11,13-14,17-19,21,23H2,1-7H3,(H2,43,48)(H,45,51)(H,46,49)/b12-9-/t24-,25-,26-,28-,29?,32+,34+/m1/s1. The third kappa shape index (κ3) is 10.9. The zero-order valence-corrected chi connectivity index (χ0v) is 35.6. The first-order chi connectivity index (χ1) is 26.7. The van der Waals surface area contributed by atoms with Gasteiger partial charge in [0.05, 0.1) is 24.6 Å². The van der Waals surface area contributed by atoms with Crippen molar-refractivity contribution in [2.45, 2.75) is 128 Å². The number of rotatable bonds is 16. The van der Waals surface area contributed by atoms with Crippen LogP contribution in [0.1, 0.15) is 99.3 Å². The average molecular weight is 832 g/mol. The van der Waals surface area contributed by atoms with Crippen LogP contribution < -0.4 is 25.2 Å². The number of sulfonamides is 1. The number of nitrogens with two attached hydrogens (primary N) is 1. The maximum atomic E-state index is 14.4. The fourth-order valence-corrected chi connectivity index (χ4v) is 9.40. The SMILES string of the molecule is COc1ccc2c(Cl)ncc(O[C@@H]3C[C@@H](C(N)=O)N(C(=O)[C@@H](NC(=O)OC(C)(C)C)[C@H](C)C[C@H](C)CC/C=C\[C@@H]4CCCC4C(=O)NS(=O)(=O)C4(C)CC4)C3)c2c1. The number of carbonyl (C=O) groups excluding carboxylic acids is 4. The number of carbonyl (C=O) groups is 4. The molecule has 16 heteroatoms. The number of methoxy groups -OCH3 is 1. The van der Waals surface area contributed by atoms with Crippen molar-refractivity contribution < 1.29 is 41.8 Å². The van der Waals surface area contributed by atoms with Gasteiger partial charge < -0.3 is 30.2 Å². The Hall–Kier alpha value is -4.11. The Bertz CT molecular complexity index is 1960. The van der Waals surface area contributed by atoms with Crippen LogP contribution in [-0.4, -0.2) is 84.3 Å². The minimum absolute atomic E-state index is 0.0333. The largest absolute Gasteiger partial charge is 0.497 e. The minimum atomic E-state index is -3.69. The molecule has 1 aromatic carbocycles. The number of fused-ring (bicyclic) bond motifs is 1. The van der Waals surface area contributed by atoms with Crippen molar-refractivity contribution in [3.63, 3.8) is 0 Å². The predicted octanol–water partition coefficient (Wildman–Crippen LogP) is 6.04. The van der Waals surface area contributed by atoms with Crippen molar-refractivity contribution in [2.75, 3.05) is 13.7 Å². The van der Waals surface area contributed by atoms with Crippen LogP contribution >= 0.6 is 11.6 Å². The van der Waals surface area contributed by atoms with E-state index < -0.39 is 62.4 Å². The molecule has 4 N–H and O–H groups in total. The zero-order chi connectivity index (χ0) is 41.9. The summed E-state index contributed by atoms with van der Waals surface area (Å²) < 4.78 is 44.1. The van der Waals surface area contributed by atoms with E-state index >= 15 is 0 Å². The van der Waals surface area contributed by atoms with Gasteiger partial charge in [0.2, 0.25) is 27.7 Å². The van der Waals surface area contributed by atoms with Crippen molar-refractivity contribution in [2.24, 2.45) is 29.4 Å². The Labute approximate surface area is 341 Å². The van der Waals surface area contributed by atoms with Crippen molar-refractivity contribution in [3.05, 3.63) is 41.7 Å². The molecule has 2 aromatic rings. The second-order valence-electron chi connectivity index (χ2n) is 17.3. The van der Waals surface area contributed by atoms with Crippen LogP contribution in [0.3, 0.4) is 0 Å². The lowest BCUT2D eigenvalue weighted by atomic mass is 9.87. The van der Waals surface area contributed by atoms with E-state index in [9.17, 15) is 27.6 Å². The topological polar surface area (TPSA) is 196 Å². The highest BCUT2D eigenvalue weighted by molar-refractivity contribution is 7.91. The van der Waals surface area contributed by atoms with Crippen LogP contribution in [0.25, 0.3) is 10.8 Å². The van der Waals surface area contributed by atoms with Gasteiger partial charge >= 0.3 is 6.09 Å². The first-order valence-electron chi connectivity index (χ1n) is 19.8. The average Bonchev–Trinajstić information content (AvgIpc) is 3.51. The first kappa shape index (κ1) is 44.0. The monoisotopic (exact) mass is 831 g/mol. The maximum Gasteiger partial charge on any atom is 0.408 e. The molecule has 0 spiro atoms. The Kier molecular flexibility index (Phi) is 13.7. The highest BCUT2D eigenvalue weighted by Gasteiger charge is 2.51. The zero-order valence-electron chi connectivity index (χ0n) is 34.0. The van der Waals surface area contributed by atoms with Crippen LogP contribution in [0, 0.1) is 23.7 Å². The summed E-state index contributed by atoms with van der Waals surface area (Å²) in [4.78, 5) is 59.0. The number of alkyl carbamates (subject to hydrolysis) is 1. The number of benzene rings is 1. The van der Waals surface area contributed by atoms with Gasteiger partial charge in [0.25, 0.3) is 0 Å². The number of nitrogens with one attached hydrogen (secondary N) is 2. The smallest absolute Gasteiger partial charge is 0.408 e. The number of allylic oxidation sites excluding steroid dienone is 2. The third-order valence-corrected chi connectivity index (χ3v) is 13.9. The summed E-state index contributed by atoms with van der Waals surface area (Å²) >= 11 is 6.36. The van der Waals surface area contributed by atoms with E-state index in [1.807, 2.05) is 19.1 Å². The second-order valence-corrected chi connectivity index (χ2v) is 19.8. The summed E-state index contributed by atoms with van der Waals surface area (Å²) in [5.74, 6) is -1.27. The van der Waals surface area contributed by atoms with Gasteiger partial charge in [0.15, 0.2) is 0 Å². The Balaban J connectivity index is 1.24. The number of nitrogens with zero attached hydrogens (tertiary/aromatic N) is 2. The molecule has 3 fully saturated rings. The van der Waals surface area contributed by atoms with Crippen LogP contribution in [0.2, 0.25) is 5.15 Å². The number of hydrogen-bond donors (Lipinski definition) is 3. The quantitative estimate of drug-likeness (QED) is 0.133. The molecule has 2 saturated carbocycles. The van der Waals surface area contributed by atoms with Gasteiger partial charge in [-0.15, -0.1) is 0 Å². The van der Waals surface area contributed by atoms with E-state index in [2.05, 4.69) is 21.9 Å². The molecule has 0 radical (unpaired) electrons. The number of hydrogen-bond acceptors (Lipinski definition) is 10. The van der Waals surface area contributed by atoms with Gasteiger partial charge in [-0.2, -0.15) is 0 Å². The molecule has 0 bridgehead atoms. The van der Waals surface area contributed by atoms with E-state index in [1.165, 1.54) is 11.1 Å². The molecule has 14 nitrogen and oxygen atoms in total. The number of likely N-dealkylation sites (tertiary alicyclic amines) is 1. The Morgan fingerprint density at radius 1 is 1.14 bits per heavy atom. The molecule has 1 aliphatic heterocycles. The number of pyridine rings is 1. The van der Waals surface area contributed by atoms with E-state index in [1.54, 1.807) is 53.0 Å². The number of ether oxygens (including phenoxy) is 3. The molecule has 7 atom stereocenters. The molecular weight excluding hydrogens is 774 g/mol. The lowest BCUT2D eigenvalue weighted by Gasteiger charge is -2.32. The summed E-state index contributed by atoms with van der Waals surface area (Å²) in [5, 5.41) is 4.38. The fraction of sp³-hybridized carbons (Fsp3) is 0.634. The molecule has 1 unspecified atom stereocenters. The molecule has 2 heterocycles. The molecule has 2 aliphatic carbocycles. The molecule has 3 aliphatic rings. The normalized spacial score (nSPS) is 23.5. The van der Waals surface area contributed by atoms with Crippen molar-refractivity contribution >= 4 is 56.2 Å². The van der Waals surface area contributed by atoms with Gasteiger partial charge in [0, 0.05) is 23.1 Å². The molecule has 5 rings (SSSR count). The third-order valence-electron chi connectivity index (χ3n) is 11.4. The number of primary amides is 1. The van der Waals surface area contributed by atoms with Crippen LogP contribution in [0.15, 0.2) is 36.5 Å². The molecule has 1 aromatic heterocycles. The predicted molar refractivity (Wildman–Crippen MR) is 217 cm³/mol. The van der Waals surface area contributed by atoms with Crippen LogP contribution in [-0.2, 0) is 29.1 Å². The maximum absolute atomic E-state index is 14.4. The summed E-state index contributed by atoms with van der Waals surface area (Å²) in [5.41, 5.74) is 5.04. The second kappa shape index (κ2) is 17.8. The molecule has 314 valence electrons. The lowest BCUT2D eigenvalue weighted by molar-refractivity contribution is -0.140. The van der Waals surface area contributed by atoms with Gasteiger partial charge in [-0.1, -0.05) is 44.0 Å². The minimum Gasteiger partial charge on any atom is -0.497 e. The van der Waals surface area contributed by atoms with Gasteiger partial charge in [-0.05, 0) is 109 Å².